The van der Waals surface area contributed by atoms with Gasteiger partial charge in [-0.15, -0.1) is 0 Å². The van der Waals surface area contributed by atoms with E-state index < -0.39 is 5.76 Å². The summed E-state index contributed by atoms with van der Waals surface area (Å²) < 4.78 is 6.53. The molecule has 1 heterocycles. The second-order valence-electron chi connectivity index (χ2n) is 5.03. The van der Waals surface area contributed by atoms with E-state index in [2.05, 4.69) is 0 Å². The molecule has 18 heavy (non-hydrogen) atoms. The lowest BCUT2D eigenvalue weighted by molar-refractivity contribution is 0.0936. The summed E-state index contributed by atoms with van der Waals surface area (Å²) in [6, 6.07) is 5.23. The average Bonchev–Trinajstić information content (AvgIpc) is 2.59. The number of carbonyl (C=O) groups is 1. The predicted molar refractivity (Wildman–Crippen MR) is 67.7 cm³/mol. The van der Waals surface area contributed by atoms with Crippen LogP contribution in [-0.2, 0) is 7.05 Å². The Labute approximate surface area is 104 Å². The molecule has 2 aromatic rings. The maximum absolute atomic E-state index is 12.1. The molecule has 1 aromatic heterocycles. The number of oxazole rings is 1. The molecule has 4 nitrogen and oxygen atoms in total. The van der Waals surface area contributed by atoms with Gasteiger partial charge in [0.25, 0.3) is 0 Å². The number of benzene rings is 1. The highest BCUT2D eigenvalue weighted by Crippen LogP contribution is 2.30. The van der Waals surface area contributed by atoms with Gasteiger partial charge in [-0.05, 0) is 24.1 Å². The normalized spacial score (nSPS) is 15.8. The maximum Gasteiger partial charge on any atom is 0.419 e. The van der Waals surface area contributed by atoms with E-state index in [1.807, 2.05) is 0 Å². The van der Waals surface area contributed by atoms with Gasteiger partial charge >= 0.3 is 5.76 Å². The zero-order chi connectivity index (χ0) is 12.7. The van der Waals surface area contributed by atoms with Crippen LogP contribution in [0.15, 0.2) is 27.4 Å². The monoisotopic (exact) mass is 245 g/mol. The van der Waals surface area contributed by atoms with Crippen molar-refractivity contribution in [3.05, 3.63) is 34.3 Å². The van der Waals surface area contributed by atoms with Crippen LogP contribution in [0.1, 0.15) is 36.0 Å². The molecular formula is C14H15NO3. The highest BCUT2D eigenvalue weighted by Gasteiger charge is 2.21. The first-order valence-corrected chi connectivity index (χ1v) is 6.28. The van der Waals surface area contributed by atoms with Gasteiger partial charge in [0.15, 0.2) is 11.4 Å². The van der Waals surface area contributed by atoms with Crippen molar-refractivity contribution in [1.29, 1.82) is 0 Å². The summed E-state index contributed by atoms with van der Waals surface area (Å²) in [6.07, 6.45) is 4.18. The highest BCUT2D eigenvalue weighted by atomic mass is 16.4. The van der Waals surface area contributed by atoms with E-state index in [9.17, 15) is 9.59 Å². The van der Waals surface area contributed by atoms with Crippen LogP contribution < -0.4 is 5.76 Å². The van der Waals surface area contributed by atoms with Crippen molar-refractivity contribution in [3.63, 3.8) is 0 Å². The van der Waals surface area contributed by atoms with E-state index in [0.29, 0.717) is 23.5 Å². The van der Waals surface area contributed by atoms with Gasteiger partial charge in [-0.2, -0.15) is 0 Å². The third-order valence-electron chi connectivity index (χ3n) is 3.81. The Hall–Kier alpha value is -1.84. The van der Waals surface area contributed by atoms with Crippen molar-refractivity contribution in [3.8, 4) is 0 Å². The summed E-state index contributed by atoms with van der Waals surface area (Å²) in [7, 11) is 1.66. The van der Waals surface area contributed by atoms with Gasteiger partial charge < -0.3 is 4.42 Å². The molecule has 1 saturated carbocycles. The van der Waals surface area contributed by atoms with Crippen LogP contribution in [-0.4, -0.2) is 10.4 Å². The lowest BCUT2D eigenvalue weighted by Gasteiger charge is -2.24. The van der Waals surface area contributed by atoms with E-state index in [4.69, 9.17) is 4.42 Å². The van der Waals surface area contributed by atoms with E-state index in [0.717, 1.165) is 18.4 Å². The van der Waals surface area contributed by atoms with Crippen molar-refractivity contribution in [2.75, 3.05) is 0 Å². The highest BCUT2D eigenvalue weighted by molar-refractivity contribution is 5.98. The predicted octanol–water partition coefficient (Wildman–Crippen LogP) is 2.50. The third-order valence-corrected chi connectivity index (χ3v) is 3.81. The number of fused-ring (bicyclic) bond motifs is 1. The lowest BCUT2D eigenvalue weighted by atomic mass is 9.81. The van der Waals surface area contributed by atoms with E-state index in [1.165, 1.54) is 11.0 Å². The molecule has 1 fully saturated rings. The molecule has 0 bridgehead atoms. The standard InChI is InChI=1S/C14H15NO3/c1-15-11-6-5-10(8-13(11)18-14(15)17)12(16)7-9-3-2-4-9/h5-6,8-9H,2-4,7H2,1H3. The third kappa shape index (κ3) is 1.78. The molecule has 0 atom stereocenters. The summed E-state index contributed by atoms with van der Waals surface area (Å²) in [6.45, 7) is 0. The van der Waals surface area contributed by atoms with Gasteiger partial charge in [0, 0.05) is 19.0 Å². The van der Waals surface area contributed by atoms with Gasteiger partial charge in [-0.3, -0.25) is 9.36 Å². The minimum absolute atomic E-state index is 0.146. The van der Waals surface area contributed by atoms with Crippen molar-refractivity contribution in [2.45, 2.75) is 25.7 Å². The van der Waals surface area contributed by atoms with E-state index in [1.54, 1.807) is 25.2 Å². The van der Waals surface area contributed by atoms with Crippen LogP contribution in [0.25, 0.3) is 11.1 Å². The van der Waals surface area contributed by atoms with E-state index >= 15 is 0 Å². The fraction of sp³-hybridized carbons (Fsp3) is 0.429. The van der Waals surface area contributed by atoms with Crippen LogP contribution >= 0.6 is 0 Å². The summed E-state index contributed by atoms with van der Waals surface area (Å²) in [5, 5.41) is 0. The second kappa shape index (κ2) is 4.12. The van der Waals surface area contributed by atoms with Crippen LogP contribution in [0.4, 0.5) is 0 Å². The number of rotatable bonds is 3. The molecule has 0 unspecified atom stereocenters. The molecule has 0 N–H and O–H groups in total. The lowest BCUT2D eigenvalue weighted by Crippen LogP contribution is -2.15. The Kier molecular flexibility index (Phi) is 2.58. The largest absolute Gasteiger partial charge is 0.419 e. The second-order valence-corrected chi connectivity index (χ2v) is 5.03. The minimum atomic E-state index is -0.395. The van der Waals surface area contributed by atoms with Crippen LogP contribution in [0.2, 0.25) is 0 Å². The molecule has 1 aliphatic rings. The zero-order valence-corrected chi connectivity index (χ0v) is 10.3. The molecular weight excluding hydrogens is 230 g/mol. The number of aromatic nitrogens is 1. The first-order chi connectivity index (χ1) is 8.65. The first-order valence-electron chi connectivity index (χ1n) is 6.28. The van der Waals surface area contributed by atoms with Gasteiger partial charge in [-0.1, -0.05) is 19.3 Å². The summed E-state index contributed by atoms with van der Waals surface area (Å²) in [5.74, 6) is 0.303. The SMILES string of the molecule is Cn1c(=O)oc2cc(C(=O)CC3CCC3)ccc21. The summed E-state index contributed by atoms with van der Waals surface area (Å²) in [5.41, 5.74) is 1.85. The number of carbonyl (C=O) groups excluding carboxylic acids is 1. The Morgan fingerprint density at radius 3 is 2.89 bits per heavy atom. The molecule has 3 rings (SSSR count). The quantitative estimate of drug-likeness (QED) is 0.781. The Balaban J connectivity index is 1.92. The molecule has 1 aliphatic carbocycles. The number of hydrogen-bond acceptors (Lipinski definition) is 3. The smallest absolute Gasteiger partial charge is 0.408 e. The Morgan fingerprint density at radius 2 is 2.22 bits per heavy atom. The van der Waals surface area contributed by atoms with E-state index in [-0.39, 0.29) is 5.78 Å². The van der Waals surface area contributed by atoms with Crippen molar-refractivity contribution in [1.82, 2.24) is 4.57 Å². The summed E-state index contributed by atoms with van der Waals surface area (Å²) in [4.78, 5) is 23.4. The van der Waals surface area contributed by atoms with Crippen LogP contribution in [0.3, 0.4) is 0 Å². The molecule has 0 radical (unpaired) electrons. The molecule has 1 aromatic carbocycles. The van der Waals surface area contributed by atoms with Gasteiger partial charge in [0.05, 0.1) is 5.52 Å². The number of Topliss-reactive ketones (excluding diaryl/α,β-unsaturated/α-hetero) is 1. The zero-order valence-electron chi connectivity index (χ0n) is 10.3. The number of ketones is 1. The van der Waals surface area contributed by atoms with Crippen LogP contribution in [0, 0.1) is 5.92 Å². The molecule has 0 amide bonds. The minimum Gasteiger partial charge on any atom is -0.408 e. The van der Waals surface area contributed by atoms with Crippen molar-refractivity contribution in [2.24, 2.45) is 13.0 Å². The number of hydrogen-bond donors (Lipinski definition) is 0. The molecule has 0 spiro atoms. The Bertz CT molecular complexity index is 661. The molecule has 94 valence electrons. The van der Waals surface area contributed by atoms with Gasteiger partial charge in [0.1, 0.15) is 0 Å². The van der Waals surface area contributed by atoms with Gasteiger partial charge in [0.2, 0.25) is 0 Å². The fourth-order valence-electron chi connectivity index (χ4n) is 2.38. The summed E-state index contributed by atoms with van der Waals surface area (Å²) >= 11 is 0. The topological polar surface area (TPSA) is 52.2 Å². The van der Waals surface area contributed by atoms with Crippen molar-refractivity contribution >= 4 is 16.9 Å². The van der Waals surface area contributed by atoms with Crippen LogP contribution in [0.5, 0.6) is 0 Å². The maximum atomic E-state index is 12.1. The number of nitrogens with zero attached hydrogens (tertiary/aromatic N) is 1. The molecule has 4 heteroatoms. The molecule has 0 saturated heterocycles. The fourth-order valence-corrected chi connectivity index (χ4v) is 2.38. The average molecular weight is 245 g/mol. The Morgan fingerprint density at radius 1 is 1.44 bits per heavy atom. The molecule has 0 aliphatic heterocycles. The van der Waals surface area contributed by atoms with Crippen molar-refractivity contribution < 1.29 is 9.21 Å². The number of aryl methyl sites for hydroxylation is 1. The first kappa shape index (κ1) is 11.3. The van der Waals surface area contributed by atoms with Gasteiger partial charge in [-0.25, -0.2) is 4.79 Å².